The van der Waals surface area contributed by atoms with Gasteiger partial charge in [0.05, 0.1) is 7.11 Å². The molecule has 0 aliphatic carbocycles. The monoisotopic (exact) mass is 262 g/mol. The van der Waals surface area contributed by atoms with Crippen LogP contribution in [0, 0.1) is 5.92 Å². The summed E-state index contributed by atoms with van der Waals surface area (Å²) in [6.45, 7) is 4.83. The highest BCUT2D eigenvalue weighted by atomic mass is 16.5. The summed E-state index contributed by atoms with van der Waals surface area (Å²) in [4.78, 5) is 20.3. The first-order valence-electron chi connectivity index (χ1n) is 6.22. The highest BCUT2D eigenvalue weighted by molar-refractivity contribution is 6.06. The molecule has 0 spiro atoms. The molecule has 0 bridgehead atoms. The molecule has 1 saturated heterocycles. The molecule has 1 fully saturated rings. The van der Waals surface area contributed by atoms with Crippen molar-refractivity contribution in [2.24, 2.45) is 10.9 Å². The number of nitrogens with zero attached hydrogens (tertiary/aromatic N) is 2. The number of guanidine groups is 1. The second-order valence-corrected chi connectivity index (χ2v) is 4.78. The van der Waals surface area contributed by atoms with E-state index in [4.69, 9.17) is 4.74 Å². The average Bonchev–Trinajstić information content (AvgIpc) is 2.78. The predicted octanol–water partition coefficient (Wildman–Crippen LogP) is 0.863. The summed E-state index contributed by atoms with van der Waals surface area (Å²) in [5.41, 5.74) is 0.785. The minimum absolute atomic E-state index is 0.116. The molecule has 1 amide bonds. The van der Waals surface area contributed by atoms with Crippen molar-refractivity contribution in [3.8, 4) is 5.88 Å². The second kappa shape index (κ2) is 5.69. The van der Waals surface area contributed by atoms with E-state index in [1.54, 1.807) is 19.4 Å². The molecule has 2 N–H and O–H groups in total. The fourth-order valence-corrected chi connectivity index (χ4v) is 1.70. The summed E-state index contributed by atoms with van der Waals surface area (Å²) in [7, 11) is 1.55. The van der Waals surface area contributed by atoms with Crippen LogP contribution in [0.4, 0.5) is 0 Å². The van der Waals surface area contributed by atoms with E-state index in [-0.39, 0.29) is 5.91 Å². The normalized spacial score (nSPS) is 20.5. The number of methoxy groups -OCH3 is 1. The van der Waals surface area contributed by atoms with E-state index >= 15 is 0 Å². The summed E-state index contributed by atoms with van der Waals surface area (Å²) in [5.74, 6) is 1.39. The average molecular weight is 262 g/mol. The molecule has 0 radical (unpaired) electrons. The van der Waals surface area contributed by atoms with E-state index in [0.717, 1.165) is 5.56 Å². The Labute approximate surface area is 112 Å². The lowest BCUT2D eigenvalue weighted by atomic mass is 10.1. The van der Waals surface area contributed by atoms with Gasteiger partial charge in [-0.05, 0) is 12.0 Å². The number of carbonyl (C=O) groups excluding carboxylic acids is 1. The van der Waals surface area contributed by atoms with Gasteiger partial charge in [0, 0.05) is 24.4 Å². The quantitative estimate of drug-likeness (QED) is 0.844. The van der Waals surface area contributed by atoms with Crippen molar-refractivity contribution >= 4 is 11.9 Å². The third-order valence-electron chi connectivity index (χ3n) is 2.70. The van der Waals surface area contributed by atoms with Crippen LogP contribution in [0.5, 0.6) is 5.88 Å². The molecular formula is C13H18N4O2. The number of carbonyl (C=O) groups is 1. The molecule has 1 unspecified atom stereocenters. The van der Waals surface area contributed by atoms with Crippen LogP contribution in [0.3, 0.4) is 0 Å². The number of pyridine rings is 1. The Morgan fingerprint density at radius 2 is 2.26 bits per heavy atom. The summed E-state index contributed by atoms with van der Waals surface area (Å²) in [6, 6.07) is 3.10. The molecule has 1 aromatic heterocycles. The van der Waals surface area contributed by atoms with Gasteiger partial charge in [0.25, 0.3) is 5.91 Å². The van der Waals surface area contributed by atoms with Gasteiger partial charge >= 0.3 is 0 Å². The molecule has 0 saturated carbocycles. The topological polar surface area (TPSA) is 75.6 Å². The standard InChI is InChI=1S/C13H18N4O2/c1-8(2)6-15-13-16-11(12(18)17-13)9-4-5-10(19-3)14-7-9/h4-5,7-8,11H,6H2,1-3H3,(H2,15,16,17,18). The number of rotatable bonds is 4. The minimum Gasteiger partial charge on any atom is -0.481 e. The number of nitrogens with one attached hydrogen (secondary N) is 2. The first-order chi connectivity index (χ1) is 9.10. The molecule has 1 atom stereocenters. The van der Waals surface area contributed by atoms with Gasteiger partial charge in [-0.25, -0.2) is 4.98 Å². The number of ether oxygens (including phenoxy) is 1. The van der Waals surface area contributed by atoms with Gasteiger partial charge in [-0.2, -0.15) is 0 Å². The molecule has 2 heterocycles. The molecule has 1 aliphatic rings. The van der Waals surface area contributed by atoms with E-state index in [0.29, 0.717) is 24.3 Å². The minimum atomic E-state index is -0.440. The van der Waals surface area contributed by atoms with Crippen LogP contribution in [0.25, 0.3) is 0 Å². The highest BCUT2D eigenvalue weighted by Crippen LogP contribution is 2.17. The van der Waals surface area contributed by atoms with Crippen LogP contribution >= 0.6 is 0 Å². The second-order valence-electron chi connectivity index (χ2n) is 4.78. The van der Waals surface area contributed by atoms with E-state index in [1.165, 1.54) is 0 Å². The Balaban J connectivity index is 2.08. The fraction of sp³-hybridized carbons (Fsp3) is 0.462. The highest BCUT2D eigenvalue weighted by Gasteiger charge is 2.29. The molecule has 6 nitrogen and oxygen atoms in total. The molecule has 2 rings (SSSR count). The lowest BCUT2D eigenvalue weighted by Crippen LogP contribution is -2.26. The summed E-state index contributed by atoms with van der Waals surface area (Å²) in [5, 5.41) is 5.79. The van der Waals surface area contributed by atoms with Crippen LogP contribution < -0.4 is 15.4 Å². The Morgan fingerprint density at radius 3 is 2.84 bits per heavy atom. The molecule has 19 heavy (non-hydrogen) atoms. The number of aromatic nitrogens is 1. The maximum absolute atomic E-state index is 11.9. The van der Waals surface area contributed by atoms with Gasteiger partial charge < -0.3 is 10.1 Å². The Bertz CT molecular complexity index is 482. The molecule has 0 aromatic carbocycles. The van der Waals surface area contributed by atoms with Gasteiger partial charge in [-0.1, -0.05) is 13.8 Å². The lowest BCUT2D eigenvalue weighted by molar-refractivity contribution is -0.120. The lowest BCUT2D eigenvalue weighted by Gasteiger charge is -2.08. The van der Waals surface area contributed by atoms with E-state index in [2.05, 4.69) is 34.5 Å². The van der Waals surface area contributed by atoms with Crippen LogP contribution in [0.15, 0.2) is 23.3 Å². The summed E-state index contributed by atoms with van der Waals surface area (Å²) < 4.78 is 4.99. The molecule has 102 valence electrons. The Kier molecular flexibility index (Phi) is 3.99. The molecule has 1 aromatic rings. The number of hydrogen-bond donors (Lipinski definition) is 2. The van der Waals surface area contributed by atoms with Crippen LogP contribution in [0.1, 0.15) is 25.5 Å². The largest absolute Gasteiger partial charge is 0.481 e. The molecule has 1 aliphatic heterocycles. The van der Waals surface area contributed by atoms with Gasteiger partial charge in [-0.3, -0.25) is 15.1 Å². The Hall–Kier alpha value is -2.11. The van der Waals surface area contributed by atoms with Crippen molar-refractivity contribution in [2.45, 2.75) is 19.9 Å². The van der Waals surface area contributed by atoms with Crippen molar-refractivity contribution < 1.29 is 9.53 Å². The SMILES string of the molecule is COc1ccc(C2NC(=NCC(C)C)NC2=O)cn1. The van der Waals surface area contributed by atoms with Crippen LogP contribution in [0.2, 0.25) is 0 Å². The zero-order chi connectivity index (χ0) is 13.8. The van der Waals surface area contributed by atoms with Crippen LogP contribution in [-0.4, -0.2) is 30.5 Å². The summed E-state index contributed by atoms with van der Waals surface area (Å²) in [6.07, 6.45) is 1.63. The van der Waals surface area contributed by atoms with E-state index in [1.807, 2.05) is 6.07 Å². The number of amides is 1. The third-order valence-corrected chi connectivity index (χ3v) is 2.70. The van der Waals surface area contributed by atoms with E-state index in [9.17, 15) is 4.79 Å². The number of aliphatic imine (C=N–C) groups is 1. The van der Waals surface area contributed by atoms with Crippen molar-refractivity contribution in [3.63, 3.8) is 0 Å². The van der Waals surface area contributed by atoms with Crippen molar-refractivity contribution in [1.82, 2.24) is 15.6 Å². The van der Waals surface area contributed by atoms with Crippen molar-refractivity contribution in [3.05, 3.63) is 23.9 Å². The van der Waals surface area contributed by atoms with Gasteiger partial charge in [0.1, 0.15) is 6.04 Å². The van der Waals surface area contributed by atoms with Crippen molar-refractivity contribution in [1.29, 1.82) is 0 Å². The zero-order valence-electron chi connectivity index (χ0n) is 11.3. The maximum Gasteiger partial charge on any atom is 0.253 e. The van der Waals surface area contributed by atoms with Gasteiger partial charge in [0.15, 0.2) is 5.96 Å². The summed E-state index contributed by atoms with van der Waals surface area (Å²) >= 11 is 0. The first-order valence-corrected chi connectivity index (χ1v) is 6.22. The van der Waals surface area contributed by atoms with Crippen molar-refractivity contribution in [2.75, 3.05) is 13.7 Å². The van der Waals surface area contributed by atoms with Gasteiger partial charge in [0.2, 0.25) is 5.88 Å². The first kappa shape index (κ1) is 13.3. The smallest absolute Gasteiger partial charge is 0.253 e. The van der Waals surface area contributed by atoms with E-state index < -0.39 is 6.04 Å². The van der Waals surface area contributed by atoms with Crippen LogP contribution in [-0.2, 0) is 4.79 Å². The third kappa shape index (κ3) is 3.21. The molecular weight excluding hydrogens is 244 g/mol. The fourth-order valence-electron chi connectivity index (χ4n) is 1.70. The van der Waals surface area contributed by atoms with Gasteiger partial charge in [-0.15, -0.1) is 0 Å². The number of hydrogen-bond acceptors (Lipinski definition) is 4. The zero-order valence-corrected chi connectivity index (χ0v) is 11.3. The molecule has 6 heteroatoms. The predicted molar refractivity (Wildman–Crippen MR) is 71.9 cm³/mol. The maximum atomic E-state index is 11.9. The Morgan fingerprint density at radius 1 is 1.47 bits per heavy atom.